The van der Waals surface area contributed by atoms with Crippen molar-refractivity contribution in [2.45, 2.75) is 12.5 Å². The highest BCUT2D eigenvalue weighted by atomic mass is 127. The van der Waals surface area contributed by atoms with Gasteiger partial charge < -0.3 is 20.1 Å². The molecule has 0 aliphatic carbocycles. The van der Waals surface area contributed by atoms with E-state index < -0.39 is 0 Å². The van der Waals surface area contributed by atoms with Crippen LogP contribution in [0.3, 0.4) is 0 Å². The second kappa shape index (κ2) is 13.3. The molecule has 0 spiro atoms. The normalized spacial score (nSPS) is 16.8. The molecule has 0 bridgehead atoms. The number of methoxy groups -OCH3 is 1. The van der Waals surface area contributed by atoms with Crippen molar-refractivity contribution in [1.82, 2.24) is 15.5 Å². The van der Waals surface area contributed by atoms with Crippen LogP contribution in [0.4, 0.5) is 0 Å². The average molecular weight is 462 g/mol. The van der Waals surface area contributed by atoms with Crippen LogP contribution in [0.1, 0.15) is 18.0 Å². The first kappa shape index (κ1) is 22.1. The summed E-state index contributed by atoms with van der Waals surface area (Å²) in [6.45, 7) is 5.93. The average Bonchev–Trinajstić information content (AvgIpc) is 2.65. The number of benzene rings is 1. The van der Waals surface area contributed by atoms with Crippen molar-refractivity contribution in [2.75, 3.05) is 60.2 Å². The fraction of sp³-hybridized carbons (Fsp3) is 0.611. The van der Waals surface area contributed by atoms with Gasteiger partial charge in [0.1, 0.15) is 0 Å². The largest absolute Gasteiger partial charge is 0.385 e. The van der Waals surface area contributed by atoms with E-state index in [1.54, 1.807) is 14.2 Å². The summed E-state index contributed by atoms with van der Waals surface area (Å²) in [4.78, 5) is 6.78. The minimum Gasteiger partial charge on any atom is -0.385 e. The molecular formula is C18H31IN4O2. The van der Waals surface area contributed by atoms with Gasteiger partial charge in [-0.2, -0.15) is 0 Å². The Morgan fingerprint density at radius 1 is 1.24 bits per heavy atom. The van der Waals surface area contributed by atoms with Gasteiger partial charge in [0.2, 0.25) is 0 Å². The van der Waals surface area contributed by atoms with Crippen LogP contribution in [0.2, 0.25) is 0 Å². The van der Waals surface area contributed by atoms with Gasteiger partial charge >= 0.3 is 0 Å². The van der Waals surface area contributed by atoms with E-state index in [2.05, 4.69) is 50.9 Å². The maximum absolute atomic E-state index is 5.50. The molecule has 1 fully saturated rings. The molecule has 0 aromatic heterocycles. The lowest BCUT2D eigenvalue weighted by Crippen LogP contribution is -2.46. The molecule has 2 N–H and O–H groups in total. The third kappa shape index (κ3) is 7.89. The molecule has 1 saturated heterocycles. The van der Waals surface area contributed by atoms with Crippen LogP contribution in [0.25, 0.3) is 0 Å². The Labute approximate surface area is 168 Å². The molecule has 0 radical (unpaired) electrons. The fourth-order valence-electron chi connectivity index (χ4n) is 2.86. The van der Waals surface area contributed by atoms with Crippen molar-refractivity contribution < 1.29 is 9.47 Å². The summed E-state index contributed by atoms with van der Waals surface area (Å²) < 4.78 is 10.6. The van der Waals surface area contributed by atoms with Crippen LogP contribution in [0.5, 0.6) is 0 Å². The number of hydrogen-bond acceptors (Lipinski definition) is 4. The Bertz CT molecular complexity index is 481. The first-order valence-corrected chi connectivity index (χ1v) is 8.65. The number of guanidine groups is 1. The van der Waals surface area contributed by atoms with Gasteiger partial charge in [0.25, 0.3) is 0 Å². The minimum absolute atomic E-state index is 0. The van der Waals surface area contributed by atoms with E-state index in [1.807, 2.05) is 0 Å². The zero-order chi connectivity index (χ0) is 17.0. The summed E-state index contributed by atoms with van der Waals surface area (Å²) in [6, 6.07) is 10.9. The van der Waals surface area contributed by atoms with Crippen molar-refractivity contribution in [2.24, 2.45) is 4.99 Å². The van der Waals surface area contributed by atoms with Crippen molar-refractivity contribution in [3.8, 4) is 0 Å². The summed E-state index contributed by atoms with van der Waals surface area (Å²) in [5.74, 6) is 0.834. The van der Waals surface area contributed by atoms with Gasteiger partial charge in [-0.25, -0.2) is 0 Å². The number of morpholine rings is 1. The molecule has 1 aromatic carbocycles. The van der Waals surface area contributed by atoms with Crippen LogP contribution in [0.15, 0.2) is 35.3 Å². The molecule has 1 heterocycles. The van der Waals surface area contributed by atoms with E-state index >= 15 is 0 Å². The molecule has 6 nitrogen and oxygen atoms in total. The van der Waals surface area contributed by atoms with Crippen LogP contribution in [-0.2, 0) is 9.47 Å². The van der Waals surface area contributed by atoms with Crippen LogP contribution < -0.4 is 10.6 Å². The fourth-order valence-corrected chi connectivity index (χ4v) is 2.86. The highest BCUT2D eigenvalue weighted by Gasteiger charge is 2.22. The van der Waals surface area contributed by atoms with Crippen LogP contribution in [-0.4, -0.2) is 71.0 Å². The van der Waals surface area contributed by atoms with Crippen molar-refractivity contribution in [1.29, 1.82) is 0 Å². The Kier molecular flexibility index (Phi) is 11.8. The Balaban J connectivity index is 0.00000312. The van der Waals surface area contributed by atoms with E-state index in [0.29, 0.717) is 6.04 Å². The summed E-state index contributed by atoms with van der Waals surface area (Å²) in [7, 11) is 3.53. The third-order valence-corrected chi connectivity index (χ3v) is 4.17. The third-order valence-electron chi connectivity index (χ3n) is 4.17. The molecule has 1 unspecified atom stereocenters. The number of ether oxygens (including phenoxy) is 2. The lowest BCUT2D eigenvalue weighted by atomic mass is 10.0. The highest BCUT2D eigenvalue weighted by Crippen LogP contribution is 2.20. The second-order valence-corrected chi connectivity index (χ2v) is 5.80. The minimum atomic E-state index is 0. The van der Waals surface area contributed by atoms with Crippen molar-refractivity contribution in [3.05, 3.63) is 35.9 Å². The maximum Gasteiger partial charge on any atom is 0.191 e. The van der Waals surface area contributed by atoms with Gasteiger partial charge in [-0.05, 0) is 12.0 Å². The number of rotatable bonds is 8. The molecule has 0 saturated carbocycles. The number of nitrogens with one attached hydrogen (secondary N) is 2. The molecule has 0 amide bonds. The first-order chi connectivity index (χ1) is 11.8. The zero-order valence-electron chi connectivity index (χ0n) is 15.2. The zero-order valence-corrected chi connectivity index (χ0v) is 17.6. The lowest BCUT2D eigenvalue weighted by molar-refractivity contribution is 0.0170. The molecular weight excluding hydrogens is 431 g/mol. The van der Waals surface area contributed by atoms with Gasteiger partial charge in [0.05, 0.1) is 19.3 Å². The van der Waals surface area contributed by atoms with E-state index in [4.69, 9.17) is 9.47 Å². The van der Waals surface area contributed by atoms with Gasteiger partial charge in [0.15, 0.2) is 5.96 Å². The maximum atomic E-state index is 5.50. The molecule has 1 aliphatic rings. The number of halogens is 1. The van der Waals surface area contributed by atoms with E-state index in [1.165, 1.54) is 5.56 Å². The summed E-state index contributed by atoms with van der Waals surface area (Å²) in [5, 5.41) is 6.79. The topological polar surface area (TPSA) is 58.1 Å². The molecule has 1 aliphatic heterocycles. The SMILES string of the molecule is CN=C(NCCCOC)NCC(c1ccccc1)N1CCOCC1.I. The highest BCUT2D eigenvalue weighted by molar-refractivity contribution is 14.0. The monoisotopic (exact) mass is 462 g/mol. The second-order valence-electron chi connectivity index (χ2n) is 5.80. The molecule has 1 atom stereocenters. The smallest absolute Gasteiger partial charge is 0.191 e. The van der Waals surface area contributed by atoms with Gasteiger partial charge in [-0.3, -0.25) is 9.89 Å². The summed E-state index contributed by atoms with van der Waals surface area (Å²) >= 11 is 0. The lowest BCUT2D eigenvalue weighted by Gasteiger charge is -2.35. The molecule has 7 heteroatoms. The molecule has 142 valence electrons. The predicted molar refractivity (Wildman–Crippen MR) is 113 cm³/mol. The first-order valence-electron chi connectivity index (χ1n) is 8.65. The quantitative estimate of drug-likeness (QED) is 0.268. The van der Waals surface area contributed by atoms with Crippen LogP contribution >= 0.6 is 24.0 Å². The van der Waals surface area contributed by atoms with E-state index in [-0.39, 0.29) is 24.0 Å². The number of hydrogen-bond donors (Lipinski definition) is 2. The van der Waals surface area contributed by atoms with Crippen LogP contribution in [0, 0.1) is 0 Å². The molecule has 2 rings (SSSR count). The molecule has 1 aromatic rings. The Morgan fingerprint density at radius 2 is 1.96 bits per heavy atom. The van der Waals surface area contributed by atoms with Crippen molar-refractivity contribution >= 4 is 29.9 Å². The van der Waals surface area contributed by atoms with E-state index in [0.717, 1.165) is 58.4 Å². The predicted octanol–water partition coefficient (Wildman–Crippen LogP) is 1.88. The number of nitrogens with zero attached hydrogens (tertiary/aromatic N) is 2. The van der Waals surface area contributed by atoms with E-state index in [9.17, 15) is 0 Å². The standard InChI is InChI=1S/C18H30N4O2.HI/c1-19-18(20-9-6-12-23-2)21-15-17(16-7-4-3-5-8-16)22-10-13-24-14-11-22;/h3-5,7-8,17H,6,9-15H2,1-2H3,(H2,19,20,21);1H. The Hall–Kier alpha value is -0.900. The molecule has 25 heavy (non-hydrogen) atoms. The summed E-state index contributed by atoms with van der Waals surface area (Å²) in [5.41, 5.74) is 1.32. The number of aliphatic imine (C=N–C) groups is 1. The summed E-state index contributed by atoms with van der Waals surface area (Å²) in [6.07, 6.45) is 0.961. The van der Waals surface area contributed by atoms with Gasteiger partial charge in [0, 0.05) is 46.9 Å². The van der Waals surface area contributed by atoms with Gasteiger partial charge in [-0.15, -0.1) is 24.0 Å². The van der Waals surface area contributed by atoms with Gasteiger partial charge in [-0.1, -0.05) is 30.3 Å². The Morgan fingerprint density at radius 3 is 2.60 bits per heavy atom. The van der Waals surface area contributed by atoms with Crippen molar-refractivity contribution in [3.63, 3.8) is 0 Å².